The minimum atomic E-state index is -0.263. The zero-order valence-electron chi connectivity index (χ0n) is 13.1. The number of amides is 2. The summed E-state index contributed by atoms with van der Waals surface area (Å²) >= 11 is 0. The lowest BCUT2D eigenvalue weighted by Gasteiger charge is -2.36. The van der Waals surface area contributed by atoms with Crippen molar-refractivity contribution in [2.24, 2.45) is 0 Å². The first-order valence-corrected chi connectivity index (χ1v) is 7.73. The van der Waals surface area contributed by atoms with Crippen molar-refractivity contribution in [2.45, 2.75) is 0 Å². The maximum Gasteiger partial charge on any atom is 0.322 e. The second-order valence-electron chi connectivity index (χ2n) is 5.54. The number of rotatable bonds is 2. The molecule has 6 heteroatoms. The van der Waals surface area contributed by atoms with Crippen LogP contribution in [0.2, 0.25) is 0 Å². The van der Waals surface area contributed by atoms with Crippen LogP contribution < -0.4 is 10.2 Å². The molecule has 1 aliphatic rings. The molecule has 2 amide bonds. The van der Waals surface area contributed by atoms with Crippen LogP contribution in [0.1, 0.15) is 5.56 Å². The zero-order chi connectivity index (χ0) is 16.9. The number of hydrogen-bond acceptors (Lipinski definition) is 3. The molecule has 5 nitrogen and oxygen atoms in total. The molecule has 0 radical (unpaired) electrons. The highest BCUT2D eigenvalue weighted by Gasteiger charge is 2.22. The van der Waals surface area contributed by atoms with Gasteiger partial charge in [0, 0.05) is 31.9 Å². The number of carbonyl (C=O) groups is 1. The van der Waals surface area contributed by atoms with Crippen LogP contribution in [0.4, 0.5) is 20.6 Å². The van der Waals surface area contributed by atoms with Gasteiger partial charge in [-0.15, -0.1) is 0 Å². The zero-order valence-corrected chi connectivity index (χ0v) is 13.1. The number of benzene rings is 2. The lowest BCUT2D eigenvalue weighted by molar-refractivity contribution is 0.208. The quantitative estimate of drug-likeness (QED) is 0.923. The minimum Gasteiger partial charge on any atom is -0.368 e. The molecule has 0 spiro atoms. The molecule has 3 rings (SSSR count). The van der Waals surface area contributed by atoms with Crippen molar-refractivity contribution >= 4 is 17.4 Å². The summed E-state index contributed by atoms with van der Waals surface area (Å²) in [6, 6.07) is 15.2. The smallest absolute Gasteiger partial charge is 0.322 e. The Hall–Kier alpha value is -3.07. The molecule has 1 saturated heterocycles. The third kappa shape index (κ3) is 3.46. The third-order valence-electron chi connectivity index (χ3n) is 4.03. The molecule has 0 aromatic heterocycles. The SMILES string of the molecule is N#Cc1ccccc1NC(=O)N1CCN(c2cccc(F)c2)CC1. The molecule has 0 bridgehead atoms. The van der Waals surface area contributed by atoms with E-state index in [0.717, 1.165) is 5.69 Å². The Morgan fingerprint density at radius 1 is 1.08 bits per heavy atom. The molecule has 1 heterocycles. The molecule has 0 unspecified atom stereocenters. The summed E-state index contributed by atoms with van der Waals surface area (Å²) in [5.41, 5.74) is 1.77. The van der Waals surface area contributed by atoms with E-state index < -0.39 is 0 Å². The first kappa shape index (κ1) is 15.8. The van der Waals surface area contributed by atoms with Crippen molar-refractivity contribution in [3.8, 4) is 6.07 Å². The lowest BCUT2D eigenvalue weighted by atomic mass is 10.2. The van der Waals surface area contributed by atoms with Crippen molar-refractivity contribution in [1.82, 2.24) is 4.90 Å². The number of carbonyl (C=O) groups excluding carboxylic acids is 1. The highest BCUT2D eigenvalue weighted by molar-refractivity contribution is 5.91. The van der Waals surface area contributed by atoms with Gasteiger partial charge < -0.3 is 15.1 Å². The molecule has 1 aliphatic heterocycles. The Kier molecular flexibility index (Phi) is 4.62. The van der Waals surface area contributed by atoms with Crippen LogP contribution in [-0.2, 0) is 0 Å². The van der Waals surface area contributed by atoms with Gasteiger partial charge in [0.1, 0.15) is 11.9 Å². The highest BCUT2D eigenvalue weighted by atomic mass is 19.1. The number of anilines is 2. The molecular weight excluding hydrogens is 307 g/mol. The van der Waals surface area contributed by atoms with Crippen molar-refractivity contribution in [2.75, 3.05) is 36.4 Å². The Labute approximate surface area is 139 Å². The first-order chi connectivity index (χ1) is 11.7. The standard InChI is InChI=1S/C18H17FN4O/c19-15-5-3-6-16(12-15)22-8-10-23(11-9-22)18(24)21-17-7-2-1-4-14(17)13-20/h1-7,12H,8-11H2,(H,21,24). The molecule has 122 valence electrons. The van der Waals surface area contributed by atoms with Gasteiger partial charge in [0.05, 0.1) is 11.3 Å². The fourth-order valence-corrected chi connectivity index (χ4v) is 2.72. The maximum absolute atomic E-state index is 13.3. The number of nitrogens with one attached hydrogen (secondary N) is 1. The summed E-state index contributed by atoms with van der Waals surface area (Å²) in [5.74, 6) is -0.263. The van der Waals surface area contributed by atoms with Gasteiger partial charge in [0.15, 0.2) is 0 Å². The average Bonchev–Trinajstić information content (AvgIpc) is 2.62. The Balaban J connectivity index is 1.60. The predicted octanol–water partition coefficient (Wildman–Crippen LogP) is 3.05. The predicted molar refractivity (Wildman–Crippen MR) is 90.4 cm³/mol. The second kappa shape index (κ2) is 7.01. The summed E-state index contributed by atoms with van der Waals surface area (Å²) in [7, 11) is 0. The topological polar surface area (TPSA) is 59.4 Å². The van der Waals surface area contributed by atoms with Gasteiger partial charge in [-0.05, 0) is 30.3 Å². The maximum atomic E-state index is 13.3. The van der Waals surface area contributed by atoms with Crippen LogP contribution in [0.15, 0.2) is 48.5 Å². The van der Waals surface area contributed by atoms with E-state index in [2.05, 4.69) is 16.3 Å². The van der Waals surface area contributed by atoms with Crippen LogP contribution in [0.25, 0.3) is 0 Å². The van der Waals surface area contributed by atoms with Gasteiger partial charge in [0.25, 0.3) is 0 Å². The largest absolute Gasteiger partial charge is 0.368 e. The highest BCUT2D eigenvalue weighted by Crippen LogP contribution is 2.19. The molecule has 0 aliphatic carbocycles. The van der Waals surface area contributed by atoms with Crippen LogP contribution >= 0.6 is 0 Å². The van der Waals surface area contributed by atoms with Gasteiger partial charge in [-0.3, -0.25) is 0 Å². The molecule has 2 aromatic carbocycles. The van der Waals surface area contributed by atoms with E-state index >= 15 is 0 Å². The molecule has 24 heavy (non-hydrogen) atoms. The summed E-state index contributed by atoms with van der Waals surface area (Å²) in [6.45, 7) is 2.35. The van der Waals surface area contributed by atoms with Gasteiger partial charge in [0.2, 0.25) is 0 Å². The number of urea groups is 1. The molecule has 1 N–H and O–H groups in total. The lowest BCUT2D eigenvalue weighted by Crippen LogP contribution is -2.50. The first-order valence-electron chi connectivity index (χ1n) is 7.73. The van der Waals surface area contributed by atoms with Gasteiger partial charge in [-0.25, -0.2) is 9.18 Å². The van der Waals surface area contributed by atoms with Crippen molar-refractivity contribution in [3.05, 3.63) is 59.9 Å². The summed E-state index contributed by atoms with van der Waals surface area (Å²) < 4.78 is 13.3. The van der Waals surface area contributed by atoms with Crippen molar-refractivity contribution in [1.29, 1.82) is 5.26 Å². The van der Waals surface area contributed by atoms with Crippen LogP contribution in [0.5, 0.6) is 0 Å². The van der Waals surface area contributed by atoms with E-state index in [1.807, 2.05) is 6.07 Å². The number of halogens is 1. The van der Waals surface area contributed by atoms with Crippen LogP contribution in [0.3, 0.4) is 0 Å². The Morgan fingerprint density at radius 3 is 2.54 bits per heavy atom. The molecule has 2 aromatic rings. The van der Waals surface area contributed by atoms with Crippen molar-refractivity contribution < 1.29 is 9.18 Å². The number of hydrogen-bond donors (Lipinski definition) is 1. The van der Waals surface area contributed by atoms with Gasteiger partial charge >= 0.3 is 6.03 Å². The van der Waals surface area contributed by atoms with Crippen LogP contribution in [0, 0.1) is 17.1 Å². The minimum absolute atomic E-state index is 0.225. The summed E-state index contributed by atoms with van der Waals surface area (Å²) in [6.07, 6.45) is 0. The Bertz CT molecular complexity index is 779. The van der Waals surface area contributed by atoms with E-state index in [4.69, 9.17) is 5.26 Å². The van der Waals surface area contributed by atoms with E-state index in [1.54, 1.807) is 35.2 Å². The summed E-state index contributed by atoms with van der Waals surface area (Å²) in [4.78, 5) is 16.1. The third-order valence-corrected chi connectivity index (χ3v) is 4.03. The van der Waals surface area contributed by atoms with E-state index in [-0.39, 0.29) is 11.8 Å². The average molecular weight is 324 g/mol. The Morgan fingerprint density at radius 2 is 1.83 bits per heavy atom. The normalized spacial score (nSPS) is 14.2. The number of nitrogens with zero attached hydrogens (tertiary/aromatic N) is 3. The van der Waals surface area contributed by atoms with Gasteiger partial charge in [-0.1, -0.05) is 18.2 Å². The second-order valence-corrected chi connectivity index (χ2v) is 5.54. The van der Waals surface area contributed by atoms with Crippen LogP contribution in [-0.4, -0.2) is 37.1 Å². The number of nitriles is 1. The monoisotopic (exact) mass is 324 g/mol. The molecular formula is C18H17FN4O. The van der Waals surface area contributed by atoms with Crippen molar-refractivity contribution in [3.63, 3.8) is 0 Å². The molecule has 0 atom stereocenters. The van der Waals surface area contributed by atoms with E-state index in [9.17, 15) is 9.18 Å². The fraction of sp³-hybridized carbons (Fsp3) is 0.222. The number of para-hydroxylation sites is 1. The number of piperazine rings is 1. The summed E-state index contributed by atoms with van der Waals surface area (Å²) in [5, 5.41) is 11.9. The van der Waals surface area contributed by atoms with Gasteiger partial charge in [-0.2, -0.15) is 5.26 Å². The molecule has 1 fully saturated rings. The van der Waals surface area contributed by atoms with E-state index in [0.29, 0.717) is 37.4 Å². The molecule has 0 saturated carbocycles. The fourth-order valence-electron chi connectivity index (χ4n) is 2.72. The van der Waals surface area contributed by atoms with E-state index in [1.165, 1.54) is 12.1 Å².